The molecule has 0 aliphatic carbocycles. The summed E-state index contributed by atoms with van der Waals surface area (Å²) in [5, 5.41) is -0.579. The van der Waals surface area contributed by atoms with Crippen LogP contribution < -0.4 is 0 Å². The highest BCUT2D eigenvalue weighted by Gasteiger charge is 2.22. The average molecular weight is 345 g/mol. The molecule has 5 heteroatoms. The molecule has 0 aromatic carbocycles. The Morgan fingerprint density at radius 3 is 1.55 bits per heavy atom. The SMILES string of the molecule is CCCCCCCCCCCCS(=O)(=O)C(CCl)CCl. The fourth-order valence-electron chi connectivity index (χ4n) is 2.19. The van der Waals surface area contributed by atoms with Crippen LogP contribution >= 0.6 is 23.2 Å². The predicted octanol–water partition coefficient (Wildman–Crippen LogP) is 5.17. The summed E-state index contributed by atoms with van der Waals surface area (Å²) in [7, 11) is -3.09. The molecular weight excluding hydrogens is 315 g/mol. The van der Waals surface area contributed by atoms with Gasteiger partial charge in [0.2, 0.25) is 0 Å². The molecule has 20 heavy (non-hydrogen) atoms. The van der Waals surface area contributed by atoms with E-state index in [1.54, 1.807) is 0 Å². The van der Waals surface area contributed by atoms with Crippen molar-refractivity contribution < 1.29 is 8.42 Å². The summed E-state index contributed by atoms with van der Waals surface area (Å²) in [5.74, 6) is 0.431. The van der Waals surface area contributed by atoms with Crippen LogP contribution in [0.4, 0.5) is 0 Å². The van der Waals surface area contributed by atoms with Crippen LogP contribution in [-0.2, 0) is 9.84 Å². The average Bonchev–Trinajstić information content (AvgIpc) is 2.42. The zero-order chi connectivity index (χ0) is 15.3. The van der Waals surface area contributed by atoms with Gasteiger partial charge >= 0.3 is 0 Å². The molecule has 0 N–H and O–H groups in total. The van der Waals surface area contributed by atoms with Gasteiger partial charge in [-0.1, -0.05) is 64.7 Å². The highest BCUT2D eigenvalue weighted by molar-refractivity contribution is 7.92. The Morgan fingerprint density at radius 1 is 0.750 bits per heavy atom. The molecule has 0 aliphatic heterocycles. The van der Waals surface area contributed by atoms with E-state index in [0.717, 1.165) is 19.3 Å². The minimum atomic E-state index is -3.09. The van der Waals surface area contributed by atoms with Crippen LogP contribution in [0.15, 0.2) is 0 Å². The Bertz CT molecular complexity index is 301. The van der Waals surface area contributed by atoms with Crippen molar-refractivity contribution in [2.45, 2.75) is 76.4 Å². The molecule has 0 spiro atoms. The van der Waals surface area contributed by atoms with Gasteiger partial charge in [0.05, 0.1) is 11.0 Å². The Hall–Kier alpha value is 0.530. The van der Waals surface area contributed by atoms with E-state index in [1.807, 2.05) is 0 Å². The number of unbranched alkanes of at least 4 members (excludes halogenated alkanes) is 9. The van der Waals surface area contributed by atoms with Crippen LogP contribution in [0.3, 0.4) is 0 Å². The maximum absolute atomic E-state index is 11.9. The summed E-state index contributed by atoms with van der Waals surface area (Å²) in [6, 6.07) is 0. The van der Waals surface area contributed by atoms with Crippen LogP contribution in [0, 0.1) is 0 Å². The lowest BCUT2D eigenvalue weighted by atomic mass is 10.1. The number of hydrogen-bond acceptors (Lipinski definition) is 2. The maximum atomic E-state index is 11.9. The van der Waals surface area contributed by atoms with Crippen molar-refractivity contribution in [3.63, 3.8) is 0 Å². The fraction of sp³-hybridized carbons (Fsp3) is 1.00. The third kappa shape index (κ3) is 10.3. The quantitative estimate of drug-likeness (QED) is 0.321. The molecule has 0 atom stereocenters. The first kappa shape index (κ1) is 20.5. The van der Waals surface area contributed by atoms with Gasteiger partial charge in [0.1, 0.15) is 0 Å². The highest BCUT2D eigenvalue weighted by atomic mass is 35.5. The second-order valence-corrected chi connectivity index (χ2v) is 8.50. The lowest BCUT2D eigenvalue weighted by Crippen LogP contribution is -2.27. The van der Waals surface area contributed by atoms with Gasteiger partial charge in [0.25, 0.3) is 0 Å². The van der Waals surface area contributed by atoms with Crippen molar-refractivity contribution in [1.29, 1.82) is 0 Å². The van der Waals surface area contributed by atoms with Gasteiger partial charge < -0.3 is 0 Å². The highest BCUT2D eigenvalue weighted by Crippen LogP contribution is 2.13. The Kier molecular flexibility index (Phi) is 13.6. The number of rotatable bonds is 14. The molecule has 0 saturated carbocycles. The van der Waals surface area contributed by atoms with Crippen molar-refractivity contribution in [1.82, 2.24) is 0 Å². The van der Waals surface area contributed by atoms with Crippen molar-refractivity contribution in [3.8, 4) is 0 Å². The third-order valence-electron chi connectivity index (χ3n) is 3.63. The van der Waals surface area contributed by atoms with E-state index in [4.69, 9.17) is 23.2 Å². The summed E-state index contributed by atoms with van der Waals surface area (Å²) in [4.78, 5) is 0. The van der Waals surface area contributed by atoms with Crippen molar-refractivity contribution in [2.75, 3.05) is 17.5 Å². The minimum Gasteiger partial charge on any atom is -0.228 e. The Balaban J connectivity index is 3.48. The summed E-state index contributed by atoms with van der Waals surface area (Å²) in [5.41, 5.74) is 0. The van der Waals surface area contributed by atoms with Gasteiger partial charge in [0, 0.05) is 11.8 Å². The van der Waals surface area contributed by atoms with E-state index in [9.17, 15) is 8.42 Å². The van der Waals surface area contributed by atoms with E-state index in [-0.39, 0.29) is 17.5 Å². The Labute approximate surface area is 135 Å². The molecule has 0 fully saturated rings. The first-order chi connectivity index (χ1) is 9.58. The number of halogens is 2. The summed E-state index contributed by atoms with van der Waals surface area (Å²) < 4.78 is 23.7. The topological polar surface area (TPSA) is 34.1 Å². The minimum absolute atomic E-state index is 0.101. The maximum Gasteiger partial charge on any atom is 0.155 e. The summed E-state index contributed by atoms with van der Waals surface area (Å²) in [6.07, 6.45) is 12.0. The fourth-order valence-corrected chi connectivity index (χ4v) is 5.00. The molecule has 0 aliphatic rings. The molecule has 0 unspecified atom stereocenters. The van der Waals surface area contributed by atoms with Crippen LogP contribution in [0.1, 0.15) is 71.1 Å². The third-order valence-corrected chi connectivity index (χ3v) is 6.95. The van der Waals surface area contributed by atoms with Crippen molar-refractivity contribution in [2.24, 2.45) is 0 Å². The first-order valence-corrected chi connectivity index (χ1v) is 10.7. The van der Waals surface area contributed by atoms with Gasteiger partial charge in [-0.25, -0.2) is 8.42 Å². The van der Waals surface area contributed by atoms with Gasteiger partial charge in [-0.2, -0.15) is 0 Å². The van der Waals surface area contributed by atoms with Crippen LogP contribution in [0.2, 0.25) is 0 Å². The van der Waals surface area contributed by atoms with E-state index in [1.165, 1.54) is 44.9 Å². The molecule has 2 nitrogen and oxygen atoms in total. The molecule has 0 amide bonds. The number of sulfone groups is 1. The smallest absolute Gasteiger partial charge is 0.155 e. The van der Waals surface area contributed by atoms with Crippen LogP contribution in [0.5, 0.6) is 0 Å². The van der Waals surface area contributed by atoms with Gasteiger partial charge in [-0.3, -0.25) is 0 Å². The number of hydrogen-bond donors (Lipinski definition) is 0. The Morgan fingerprint density at radius 2 is 1.15 bits per heavy atom. The first-order valence-electron chi connectivity index (χ1n) is 7.92. The lowest BCUT2D eigenvalue weighted by Gasteiger charge is -2.11. The summed E-state index contributed by atoms with van der Waals surface area (Å²) >= 11 is 11.2. The van der Waals surface area contributed by atoms with Gasteiger partial charge in [-0.05, 0) is 6.42 Å². The van der Waals surface area contributed by atoms with Crippen LogP contribution in [-0.4, -0.2) is 31.2 Å². The monoisotopic (exact) mass is 344 g/mol. The summed E-state index contributed by atoms with van der Waals surface area (Å²) in [6.45, 7) is 2.23. The molecule has 0 rings (SSSR count). The van der Waals surface area contributed by atoms with E-state index in [0.29, 0.717) is 0 Å². The zero-order valence-electron chi connectivity index (χ0n) is 12.8. The zero-order valence-corrected chi connectivity index (χ0v) is 15.1. The van der Waals surface area contributed by atoms with Gasteiger partial charge in [-0.15, -0.1) is 23.2 Å². The second kappa shape index (κ2) is 13.2. The molecule has 0 aromatic rings. The lowest BCUT2D eigenvalue weighted by molar-refractivity contribution is 0.556. The molecule has 122 valence electrons. The standard InChI is InChI=1S/C15H30Cl2O2S/c1-2-3-4-5-6-7-8-9-10-11-12-20(18,19)15(13-16)14-17/h15H,2-14H2,1H3. The van der Waals surface area contributed by atoms with E-state index in [2.05, 4.69) is 6.92 Å². The predicted molar refractivity (Wildman–Crippen MR) is 90.9 cm³/mol. The molecule has 0 saturated heterocycles. The number of alkyl halides is 2. The normalized spacial score (nSPS) is 12.2. The van der Waals surface area contributed by atoms with E-state index >= 15 is 0 Å². The van der Waals surface area contributed by atoms with E-state index < -0.39 is 15.1 Å². The van der Waals surface area contributed by atoms with Crippen LogP contribution in [0.25, 0.3) is 0 Å². The molecule has 0 radical (unpaired) electrons. The molecule has 0 bridgehead atoms. The molecule has 0 aromatic heterocycles. The molecule has 0 heterocycles. The largest absolute Gasteiger partial charge is 0.228 e. The van der Waals surface area contributed by atoms with Gasteiger partial charge in [0.15, 0.2) is 9.84 Å². The second-order valence-electron chi connectivity index (χ2n) is 5.48. The van der Waals surface area contributed by atoms with Crippen molar-refractivity contribution >= 4 is 33.0 Å². The molecular formula is C15H30Cl2O2S. The van der Waals surface area contributed by atoms with Crippen molar-refractivity contribution in [3.05, 3.63) is 0 Å².